The molecule has 0 bridgehead atoms. The van der Waals surface area contributed by atoms with Crippen molar-refractivity contribution >= 4 is 0 Å². The number of aliphatic hydroxyl groups excluding tert-OH is 1. The van der Waals surface area contributed by atoms with E-state index < -0.39 is 0 Å². The number of benzene rings is 1. The molecule has 1 aliphatic rings. The van der Waals surface area contributed by atoms with Gasteiger partial charge in [0.15, 0.2) is 5.82 Å². The number of tetrazole rings is 1. The summed E-state index contributed by atoms with van der Waals surface area (Å²) in [6.45, 7) is 2.02. The summed E-state index contributed by atoms with van der Waals surface area (Å²) >= 11 is 0. The smallest absolute Gasteiger partial charge is 0.170 e. The van der Waals surface area contributed by atoms with Gasteiger partial charge in [0, 0.05) is 12.6 Å². The molecule has 0 radical (unpaired) electrons. The van der Waals surface area contributed by atoms with Crippen molar-refractivity contribution in [1.29, 1.82) is 0 Å². The Morgan fingerprint density at radius 1 is 1.19 bits per heavy atom. The monoisotopic (exact) mass is 287 g/mol. The Bertz CT molecular complexity index is 552. The van der Waals surface area contributed by atoms with Crippen LogP contribution in [0.4, 0.5) is 0 Å². The van der Waals surface area contributed by atoms with E-state index in [2.05, 4.69) is 20.4 Å². The van der Waals surface area contributed by atoms with Gasteiger partial charge >= 0.3 is 0 Å². The van der Waals surface area contributed by atoms with Gasteiger partial charge in [0.2, 0.25) is 0 Å². The van der Waals surface area contributed by atoms with Crippen LogP contribution in [0.3, 0.4) is 0 Å². The Labute approximate surface area is 124 Å². The number of hydrogen-bond acceptors (Lipinski definition) is 5. The summed E-state index contributed by atoms with van der Waals surface area (Å²) in [5, 5.41) is 21.0. The first-order valence-corrected chi connectivity index (χ1v) is 7.56. The maximum atomic E-state index is 8.93. The van der Waals surface area contributed by atoms with Crippen LogP contribution in [-0.2, 0) is 6.54 Å². The van der Waals surface area contributed by atoms with E-state index in [0.29, 0.717) is 6.04 Å². The van der Waals surface area contributed by atoms with Crippen molar-refractivity contribution in [2.24, 2.45) is 0 Å². The molecule has 21 heavy (non-hydrogen) atoms. The highest BCUT2D eigenvalue weighted by Crippen LogP contribution is 2.28. The first-order chi connectivity index (χ1) is 10.4. The van der Waals surface area contributed by atoms with Crippen LogP contribution in [0, 0.1) is 0 Å². The van der Waals surface area contributed by atoms with Gasteiger partial charge in [0.25, 0.3) is 0 Å². The first-order valence-electron chi connectivity index (χ1n) is 7.56. The molecule has 112 valence electrons. The Morgan fingerprint density at radius 3 is 2.71 bits per heavy atom. The quantitative estimate of drug-likeness (QED) is 0.743. The van der Waals surface area contributed by atoms with Gasteiger partial charge in [0.05, 0.1) is 12.2 Å². The van der Waals surface area contributed by atoms with E-state index in [9.17, 15) is 0 Å². The molecular formula is C15H21N5O. The molecule has 1 saturated carbocycles. The summed E-state index contributed by atoms with van der Waals surface area (Å²) in [6, 6.07) is 10.6. The van der Waals surface area contributed by atoms with Crippen LogP contribution in [0.15, 0.2) is 30.3 Å². The number of hydrogen-bond donors (Lipinski definition) is 1. The third-order valence-electron chi connectivity index (χ3n) is 3.80. The molecule has 2 aromatic rings. The van der Waals surface area contributed by atoms with Crippen LogP contribution in [0.25, 0.3) is 5.69 Å². The third-order valence-corrected chi connectivity index (χ3v) is 3.80. The summed E-state index contributed by atoms with van der Waals surface area (Å²) in [4.78, 5) is 2.43. The second-order valence-electron chi connectivity index (χ2n) is 5.47. The van der Waals surface area contributed by atoms with Crippen LogP contribution < -0.4 is 0 Å². The maximum absolute atomic E-state index is 8.93. The van der Waals surface area contributed by atoms with Gasteiger partial charge in [-0.1, -0.05) is 18.2 Å². The average Bonchev–Trinajstić information content (AvgIpc) is 3.27. The molecule has 1 heterocycles. The maximum Gasteiger partial charge on any atom is 0.170 e. The van der Waals surface area contributed by atoms with E-state index in [0.717, 1.165) is 37.4 Å². The molecule has 1 N–H and O–H groups in total. The van der Waals surface area contributed by atoms with Crippen molar-refractivity contribution in [3.8, 4) is 5.69 Å². The zero-order valence-electron chi connectivity index (χ0n) is 12.1. The van der Waals surface area contributed by atoms with Gasteiger partial charge in [0.1, 0.15) is 0 Å². The SMILES string of the molecule is OCCCCN(Cc1nnnn1-c1ccccc1)C1CC1. The average molecular weight is 287 g/mol. The third kappa shape index (κ3) is 3.65. The number of aliphatic hydroxyl groups is 1. The van der Waals surface area contributed by atoms with Gasteiger partial charge in [-0.15, -0.1) is 5.10 Å². The van der Waals surface area contributed by atoms with Crippen LogP contribution in [-0.4, -0.2) is 49.4 Å². The summed E-state index contributed by atoms with van der Waals surface area (Å²) in [5.41, 5.74) is 0.989. The number of rotatable bonds is 8. The minimum absolute atomic E-state index is 0.264. The van der Waals surface area contributed by atoms with Crippen molar-refractivity contribution in [2.45, 2.75) is 38.3 Å². The van der Waals surface area contributed by atoms with Gasteiger partial charge in [-0.25, -0.2) is 0 Å². The Morgan fingerprint density at radius 2 is 2.00 bits per heavy atom. The fraction of sp³-hybridized carbons (Fsp3) is 0.533. The van der Waals surface area contributed by atoms with E-state index >= 15 is 0 Å². The highest BCUT2D eigenvalue weighted by Gasteiger charge is 2.29. The van der Waals surface area contributed by atoms with Crippen LogP contribution in [0.1, 0.15) is 31.5 Å². The normalized spacial score (nSPS) is 14.8. The molecule has 3 rings (SSSR count). The summed E-state index contributed by atoms with van der Waals surface area (Å²) in [5.74, 6) is 0.872. The molecule has 1 fully saturated rings. The van der Waals surface area contributed by atoms with Crippen molar-refractivity contribution in [2.75, 3.05) is 13.2 Å². The summed E-state index contributed by atoms with van der Waals surface area (Å²) in [7, 11) is 0. The molecule has 1 aromatic carbocycles. The molecule has 0 unspecified atom stereocenters. The van der Waals surface area contributed by atoms with Crippen LogP contribution >= 0.6 is 0 Å². The van der Waals surface area contributed by atoms with Crippen molar-refractivity contribution in [3.05, 3.63) is 36.2 Å². The first kappa shape index (κ1) is 14.2. The number of para-hydroxylation sites is 1. The molecule has 0 spiro atoms. The van der Waals surface area contributed by atoms with E-state index in [1.54, 1.807) is 4.68 Å². The highest BCUT2D eigenvalue weighted by molar-refractivity contribution is 5.30. The van der Waals surface area contributed by atoms with Crippen molar-refractivity contribution in [3.63, 3.8) is 0 Å². The Hall–Kier alpha value is -1.79. The molecule has 1 aliphatic carbocycles. The predicted octanol–water partition coefficient (Wildman–Crippen LogP) is 1.40. The second-order valence-corrected chi connectivity index (χ2v) is 5.47. The topological polar surface area (TPSA) is 67.1 Å². The molecule has 0 aliphatic heterocycles. The van der Waals surface area contributed by atoms with Crippen LogP contribution in [0.2, 0.25) is 0 Å². The minimum Gasteiger partial charge on any atom is -0.396 e. The number of aromatic nitrogens is 4. The second kappa shape index (κ2) is 6.78. The lowest BCUT2D eigenvalue weighted by Crippen LogP contribution is -2.28. The van der Waals surface area contributed by atoms with Gasteiger partial charge in [-0.3, -0.25) is 4.90 Å². The molecule has 6 heteroatoms. The van der Waals surface area contributed by atoms with E-state index in [4.69, 9.17) is 5.11 Å². The lowest BCUT2D eigenvalue weighted by Gasteiger charge is -2.21. The highest BCUT2D eigenvalue weighted by atomic mass is 16.2. The zero-order valence-corrected chi connectivity index (χ0v) is 12.1. The predicted molar refractivity (Wildman–Crippen MR) is 78.9 cm³/mol. The number of unbranched alkanes of at least 4 members (excludes halogenated alkanes) is 1. The molecule has 6 nitrogen and oxygen atoms in total. The Balaban J connectivity index is 1.70. The van der Waals surface area contributed by atoms with Crippen molar-refractivity contribution < 1.29 is 5.11 Å². The van der Waals surface area contributed by atoms with Crippen molar-refractivity contribution in [1.82, 2.24) is 25.1 Å². The standard InChI is InChI=1S/C15H21N5O/c21-11-5-4-10-19(13-8-9-13)12-15-16-17-18-20(15)14-6-2-1-3-7-14/h1-3,6-7,13,21H,4-5,8-12H2. The van der Waals surface area contributed by atoms with E-state index in [1.165, 1.54) is 12.8 Å². The number of nitrogens with zero attached hydrogens (tertiary/aromatic N) is 5. The molecule has 0 saturated heterocycles. The molecular weight excluding hydrogens is 266 g/mol. The van der Waals surface area contributed by atoms with E-state index in [1.807, 2.05) is 30.3 Å². The Kier molecular flexibility index (Phi) is 4.57. The fourth-order valence-electron chi connectivity index (χ4n) is 2.51. The van der Waals surface area contributed by atoms with Crippen LogP contribution in [0.5, 0.6) is 0 Å². The van der Waals surface area contributed by atoms with Gasteiger partial charge in [-0.2, -0.15) is 4.68 Å². The lowest BCUT2D eigenvalue weighted by molar-refractivity contribution is 0.223. The molecule has 0 amide bonds. The largest absolute Gasteiger partial charge is 0.396 e. The fourth-order valence-corrected chi connectivity index (χ4v) is 2.51. The summed E-state index contributed by atoms with van der Waals surface area (Å²) < 4.78 is 1.81. The minimum atomic E-state index is 0.264. The lowest BCUT2D eigenvalue weighted by atomic mass is 10.3. The zero-order chi connectivity index (χ0) is 14.5. The van der Waals surface area contributed by atoms with E-state index in [-0.39, 0.29) is 6.61 Å². The molecule has 1 aromatic heterocycles. The van der Waals surface area contributed by atoms with Gasteiger partial charge in [-0.05, 0) is 54.8 Å². The summed E-state index contributed by atoms with van der Waals surface area (Å²) in [6.07, 6.45) is 4.38. The van der Waals surface area contributed by atoms with Gasteiger partial charge < -0.3 is 5.11 Å². The molecule has 0 atom stereocenters.